The van der Waals surface area contributed by atoms with Gasteiger partial charge in [-0.25, -0.2) is 4.79 Å². The maximum absolute atomic E-state index is 11.5. The Hall–Kier alpha value is -1.64. The van der Waals surface area contributed by atoms with E-state index in [4.69, 9.17) is 0 Å². The van der Waals surface area contributed by atoms with Crippen molar-refractivity contribution in [1.29, 1.82) is 0 Å². The third-order valence-corrected chi connectivity index (χ3v) is 2.74. The minimum Gasteiger partial charge on any atom is -0.315 e. The van der Waals surface area contributed by atoms with Crippen molar-refractivity contribution in [3.63, 3.8) is 0 Å². The van der Waals surface area contributed by atoms with Gasteiger partial charge in [-0.15, -0.1) is 0 Å². The summed E-state index contributed by atoms with van der Waals surface area (Å²) in [6.07, 6.45) is 0. The average Bonchev–Trinajstić information content (AvgIpc) is 2.55. The van der Waals surface area contributed by atoms with E-state index in [0.717, 1.165) is 11.3 Å². The Labute approximate surface area is 89.4 Å². The molecular weight excluding hydrogens is 188 g/mol. The van der Waals surface area contributed by atoms with Crippen LogP contribution in [0, 0.1) is 0 Å². The number of urea groups is 1. The fourth-order valence-corrected chi connectivity index (χ4v) is 1.90. The normalized spacial score (nSPS) is 20.7. The van der Waals surface area contributed by atoms with Gasteiger partial charge < -0.3 is 4.90 Å². The lowest BCUT2D eigenvalue weighted by molar-refractivity contribution is 0.212. The lowest BCUT2D eigenvalue weighted by atomic mass is 10.0. The van der Waals surface area contributed by atoms with Crippen LogP contribution >= 0.6 is 0 Å². The van der Waals surface area contributed by atoms with Crippen LogP contribution in [0.15, 0.2) is 35.3 Å². The van der Waals surface area contributed by atoms with E-state index in [1.165, 1.54) is 0 Å². The van der Waals surface area contributed by atoms with Crippen molar-refractivity contribution in [2.45, 2.75) is 19.9 Å². The number of aliphatic imine (C=N–C) groups is 1. The molecule has 78 valence electrons. The molecule has 0 bridgehead atoms. The fraction of sp³-hybridized carbons (Fsp3) is 0.333. The van der Waals surface area contributed by atoms with Gasteiger partial charge in [0, 0.05) is 6.54 Å². The van der Waals surface area contributed by atoms with E-state index in [0.29, 0.717) is 6.54 Å². The highest BCUT2D eigenvalue weighted by molar-refractivity contribution is 6.13. The number of hydrogen-bond donors (Lipinski definition) is 0. The third-order valence-electron chi connectivity index (χ3n) is 2.74. The predicted molar refractivity (Wildman–Crippen MR) is 60.2 cm³/mol. The molecule has 3 heteroatoms. The maximum atomic E-state index is 11.5. The molecule has 2 rings (SSSR count). The number of likely N-dealkylation sites (N-methyl/N-ethyl adjacent to an activating group) is 1. The highest BCUT2D eigenvalue weighted by Gasteiger charge is 2.30. The summed E-state index contributed by atoms with van der Waals surface area (Å²) in [5.41, 5.74) is 1.91. The van der Waals surface area contributed by atoms with E-state index >= 15 is 0 Å². The molecule has 0 unspecified atom stereocenters. The SMILES string of the molecule is CCN1C(=O)N=C(c2ccccc2)[C@@H]1C. The first-order chi connectivity index (χ1) is 7.24. The molecule has 1 aromatic carbocycles. The number of carbonyl (C=O) groups excluding carboxylic acids is 1. The molecule has 1 aliphatic heterocycles. The molecule has 0 aliphatic carbocycles. The van der Waals surface area contributed by atoms with Crippen LogP contribution in [0.3, 0.4) is 0 Å². The second kappa shape index (κ2) is 3.85. The molecule has 0 saturated carbocycles. The molecule has 1 aromatic rings. The van der Waals surface area contributed by atoms with Gasteiger partial charge in [0.15, 0.2) is 0 Å². The minimum absolute atomic E-state index is 0.0879. The molecule has 0 radical (unpaired) electrons. The number of hydrogen-bond acceptors (Lipinski definition) is 1. The molecule has 3 nitrogen and oxygen atoms in total. The van der Waals surface area contributed by atoms with E-state index in [1.54, 1.807) is 4.90 Å². The monoisotopic (exact) mass is 202 g/mol. The van der Waals surface area contributed by atoms with E-state index in [2.05, 4.69) is 4.99 Å². The Bertz CT molecular complexity index is 397. The van der Waals surface area contributed by atoms with Crippen molar-refractivity contribution < 1.29 is 4.79 Å². The van der Waals surface area contributed by atoms with Gasteiger partial charge in [0.2, 0.25) is 0 Å². The lowest BCUT2D eigenvalue weighted by Gasteiger charge is -2.19. The van der Waals surface area contributed by atoms with Crippen molar-refractivity contribution in [3.8, 4) is 0 Å². The number of benzene rings is 1. The van der Waals surface area contributed by atoms with Crippen molar-refractivity contribution >= 4 is 11.7 Å². The molecule has 2 amide bonds. The van der Waals surface area contributed by atoms with Crippen LogP contribution in [-0.2, 0) is 0 Å². The molecule has 0 fully saturated rings. The molecule has 1 atom stereocenters. The molecule has 1 aliphatic rings. The number of amides is 2. The van der Waals surface area contributed by atoms with Crippen molar-refractivity contribution in [3.05, 3.63) is 35.9 Å². The van der Waals surface area contributed by atoms with E-state index in [-0.39, 0.29) is 12.1 Å². The van der Waals surface area contributed by atoms with Gasteiger partial charge in [0.1, 0.15) is 0 Å². The number of nitrogens with zero attached hydrogens (tertiary/aromatic N) is 2. The summed E-state index contributed by atoms with van der Waals surface area (Å²) >= 11 is 0. The smallest absolute Gasteiger partial charge is 0.315 e. The van der Waals surface area contributed by atoms with Gasteiger partial charge in [-0.3, -0.25) is 0 Å². The number of rotatable bonds is 2. The van der Waals surface area contributed by atoms with Crippen LogP contribution in [0.4, 0.5) is 4.79 Å². The van der Waals surface area contributed by atoms with Crippen molar-refractivity contribution in [2.24, 2.45) is 4.99 Å². The second-order valence-electron chi connectivity index (χ2n) is 3.61. The summed E-state index contributed by atoms with van der Waals surface area (Å²) < 4.78 is 0. The topological polar surface area (TPSA) is 32.7 Å². The van der Waals surface area contributed by atoms with Gasteiger partial charge in [-0.2, -0.15) is 4.99 Å². The highest BCUT2D eigenvalue weighted by atomic mass is 16.2. The maximum Gasteiger partial charge on any atom is 0.344 e. The molecule has 0 spiro atoms. The fourth-order valence-electron chi connectivity index (χ4n) is 1.90. The predicted octanol–water partition coefficient (Wildman–Crippen LogP) is 2.32. The zero-order valence-corrected chi connectivity index (χ0v) is 8.97. The molecule has 1 heterocycles. The second-order valence-corrected chi connectivity index (χ2v) is 3.61. The summed E-state index contributed by atoms with van der Waals surface area (Å²) in [6.45, 7) is 4.69. The van der Waals surface area contributed by atoms with Crippen molar-refractivity contribution in [2.75, 3.05) is 6.54 Å². The van der Waals surface area contributed by atoms with Gasteiger partial charge in [-0.05, 0) is 19.4 Å². The number of carbonyl (C=O) groups is 1. The van der Waals surface area contributed by atoms with E-state index in [1.807, 2.05) is 44.2 Å². The molecule has 0 N–H and O–H groups in total. The molecule has 0 aromatic heterocycles. The quantitative estimate of drug-likeness (QED) is 0.724. The Morgan fingerprint density at radius 2 is 2.00 bits per heavy atom. The standard InChI is InChI=1S/C12H14N2O/c1-3-14-9(2)11(13-12(14)15)10-7-5-4-6-8-10/h4-9H,3H2,1-2H3/t9-/m0/s1. The van der Waals surface area contributed by atoms with Crippen LogP contribution in [0.5, 0.6) is 0 Å². The van der Waals surface area contributed by atoms with Gasteiger partial charge >= 0.3 is 6.03 Å². The van der Waals surface area contributed by atoms with E-state index < -0.39 is 0 Å². The first-order valence-electron chi connectivity index (χ1n) is 5.18. The van der Waals surface area contributed by atoms with Crippen LogP contribution in [0.25, 0.3) is 0 Å². The van der Waals surface area contributed by atoms with Crippen LogP contribution in [-0.4, -0.2) is 29.2 Å². The molecular formula is C12H14N2O. The first-order valence-corrected chi connectivity index (χ1v) is 5.18. The summed E-state index contributed by atoms with van der Waals surface area (Å²) in [7, 11) is 0. The van der Waals surface area contributed by atoms with Crippen LogP contribution in [0.2, 0.25) is 0 Å². The Balaban J connectivity index is 2.33. The van der Waals surface area contributed by atoms with Gasteiger partial charge in [0.25, 0.3) is 0 Å². The zero-order chi connectivity index (χ0) is 10.8. The van der Waals surface area contributed by atoms with Gasteiger partial charge in [-0.1, -0.05) is 30.3 Å². The lowest BCUT2D eigenvalue weighted by Crippen LogP contribution is -2.35. The minimum atomic E-state index is -0.121. The first kappa shape index (κ1) is 9.90. The van der Waals surface area contributed by atoms with Crippen LogP contribution < -0.4 is 0 Å². The molecule has 0 saturated heterocycles. The Morgan fingerprint density at radius 1 is 1.33 bits per heavy atom. The summed E-state index contributed by atoms with van der Waals surface area (Å²) in [5, 5.41) is 0. The van der Waals surface area contributed by atoms with Crippen LogP contribution in [0.1, 0.15) is 19.4 Å². The summed E-state index contributed by atoms with van der Waals surface area (Å²) in [4.78, 5) is 17.4. The largest absolute Gasteiger partial charge is 0.344 e. The third kappa shape index (κ3) is 1.65. The highest BCUT2D eigenvalue weighted by Crippen LogP contribution is 2.17. The zero-order valence-electron chi connectivity index (χ0n) is 8.97. The summed E-state index contributed by atoms with van der Waals surface area (Å²) in [5.74, 6) is 0. The molecule has 15 heavy (non-hydrogen) atoms. The van der Waals surface area contributed by atoms with Gasteiger partial charge in [0.05, 0.1) is 11.8 Å². The van der Waals surface area contributed by atoms with Crippen molar-refractivity contribution in [1.82, 2.24) is 4.90 Å². The Morgan fingerprint density at radius 3 is 2.53 bits per heavy atom. The van der Waals surface area contributed by atoms with E-state index in [9.17, 15) is 4.79 Å². The Kier molecular flexibility index (Phi) is 2.54. The summed E-state index contributed by atoms with van der Waals surface area (Å²) in [6, 6.07) is 9.83. The average molecular weight is 202 g/mol.